The number of carbonyl (C=O) groups excluding carboxylic acids is 4. The summed E-state index contributed by atoms with van der Waals surface area (Å²) in [5.41, 5.74) is 8.11. The molecule has 10 nitrogen and oxygen atoms in total. The lowest BCUT2D eigenvalue weighted by atomic mass is 9.86. The van der Waals surface area contributed by atoms with Gasteiger partial charge in [0.1, 0.15) is 22.8 Å². The minimum absolute atomic E-state index is 0.0142. The van der Waals surface area contributed by atoms with Crippen LogP contribution in [0.1, 0.15) is 123 Å². The Morgan fingerprint density at radius 2 is 1.20 bits per heavy atom. The number of benzene rings is 3. The Morgan fingerprint density at radius 3 is 1.62 bits per heavy atom. The van der Waals surface area contributed by atoms with Crippen LogP contribution in [0.2, 0.25) is 0 Å². The smallest absolute Gasteiger partial charge is 0.347 e. The summed E-state index contributed by atoms with van der Waals surface area (Å²) in [6, 6.07) is 1.88. The van der Waals surface area contributed by atoms with Gasteiger partial charge in [-0.25, -0.2) is 10.1 Å². The molecule has 1 aliphatic rings. The average molecular weight is 759 g/mol. The summed E-state index contributed by atoms with van der Waals surface area (Å²) in [6.45, 7) is 27.7. The maximum atomic E-state index is 12.9. The van der Waals surface area contributed by atoms with Gasteiger partial charge >= 0.3 is 5.97 Å². The zero-order chi connectivity index (χ0) is 42.3. The van der Waals surface area contributed by atoms with Gasteiger partial charge in [0.2, 0.25) is 5.60 Å². The number of phenols is 1. The largest absolute Gasteiger partial charge is 0.507 e. The minimum atomic E-state index is -1.51. The van der Waals surface area contributed by atoms with Crippen LogP contribution in [0, 0.1) is 69.2 Å². The first-order valence-corrected chi connectivity index (χ1v) is 18.4. The van der Waals surface area contributed by atoms with Crippen molar-refractivity contribution in [2.75, 3.05) is 7.11 Å². The number of hydrogen-bond acceptors (Lipinski definition) is 10. The minimum Gasteiger partial charge on any atom is -0.507 e. The van der Waals surface area contributed by atoms with Gasteiger partial charge in [-0.1, -0.05) is 33.3 Å². The summed E-state index contributed by atoms with van der Waals surface area (Å²) < 4.78 is 17.2. The number of rotatable bonds is 9. The summed E-state index contributed by atoms with van der Waals surface area (Å²) in [5.74, 6) is 0.550. The maximum Gasteiger partial charge on any atom is 0.347 e. The van der Waals surface area contributed by atoms with Crippen molar-refractivity contribution in [1.82, 2.24) is 0 Å². The van der Waals surface area contributed by atoms with Crippen molar-refractivity contribution in [3.05, 3.63) is 102 Å². The Hall–Kier alpha value is -5.22. The van der Waals surface area contributed by atoms with E-state index in [-0.39, 0.29) is 28.6 Å². The van der Waals surface area contributed by atoms with Crippen LogP contribution in [0.5, 0.6) is 23.0 Å². The van der Waals surface area contributed by atoms with E-state index in [1.165, 1.54) is 32.6 Å². The number of phenolic OH excluding ortho intramolecular Hbond substituents is 1. The number of aryl methyl sites for hydroxylation is 2. The average Bonchev–Trinajstić information content (AvgIpc) is 3.11. The second-order valence-corrected chi connectivity index (χ2v) is 14.1. The fourth-order valence-corrected chi connectivity index (χ4v) is 6.82. The first kappa shape index (κ1) is 45.9. The van der Waals surface area contributed by atoms with Crippen molar-refractivity contribution in [2.45, 2.75) is 122 Å². The monoisotopic (exact) mass is 758 g/mol. The summed E-state index contributed by atoms with van der Waals surface area (Å²) in [4.78, 5) is 53.3. The van der Waals surface area contributed by atoms with E-state index < -0.39 is 11.6 Å². The molecule has 0 bridgehead atoms. The maximum absolute atomic E-state index is 12.9. The number of ketones is 2. The Bertz CT molecular complexity index is 2010. The molecular formula is C45H58O10. The highest BCUT2D eigenvalue weighted by molar-refractivity contribution is 6.04. The van der Waals surface area contributed by atoms with Gasteiger partial charge < -0.3 is 24.2 Å². The standard InChI is InChI=1S/C21H24O5.C21H26O5.C3H8/c1-11-8-17(24)9-18(25-7)21(11,10-22)26-20-14(4)12(2)19(16(6)23)13(3)15(20)5;1-8-16-10(2)9-11(3)17(18(16)22)21(23)25-19-12(4)14(6)20(26-24)15(7)13(19)5;1-3-2/h8-10H,1-7H3;9,22,24H,8H2,1-7H3;3H2,1-2H3. The highest BCUT2D eigenvalue weighted by Crippen LogP contribution is 2.41. The van der Waals surface area contributed by atoms with Gasteiger partial charge in [-0.15, -0.1) is 0 Å². The number of aromatic hydroxyl groups is 1. The summed E-state index contributed by atoms with van der Waals surface area (Å²) >= 11 is 0. The van der Waals surface area contributed by atoms with E-state index in [4.69, 9.17) is 19.5 Å². The van der Waals surface area contributed by atoms with Gasteiger partial charge in [0.05, 0.1) is 7.11 Å². The molecule has 0 fully saturated rings. The molecule has 3 aromatic rings. The number of carbonyl (C=O) groups is 4. The number of methoxy groups -OCH3 is 1. The predicted molar refractivity (Wildman–Crippen MR) is 215 cm³/mol. The van der Waals surface area contributed by atoms with Crippen LogP contribution in [-0.4, -0.2) is 46.9 Å². The van der Waals surface area contributed by atoms with Gasteiger partial charge in [-0.05, 0) is 151 Å². The number of Topliss-reactive ketones (excluding diaryl/α,β-unsaturated/α-hetero) is 1. The first-order valence-electron chi connectivity index (χ1n) is 18.4. The molecule has 2 N–H and O–H groups in total. The van der Waals surface area contributed by atoms with E-state index in [9.17, 15) is 24.3 Å². The van der Waals surface area contributed by atoms with Crippen LogP contribution < -0.4 is 14.4 Å². The van der Waals surface area contributed by atoms with E-state index in [0.29, 0.717) is 68.9 Å². The lowest BCUT2D eigenvalue weighted by molar-refractivity contribution is -0.138. The lowest BCUT2D eigenvalue weighted by Gasteiger charge is -2.35. The SMILES string of the molecule is CCC.CCc1c(C)cc(C)c(C(=O)Oc2c(C)c(C)c(OO)c(C)c2C)c1O.COC1=CC(=O)C=C(C)C1(C=O)Oc1c(C)c(C)c(C(C)=O)c(C)c1C. The molecule has 0 aromatic heterocycles. The molecule has 0 heterocycles. The molecule has 1 unspecified atom stereocenters. The van der Waals surface area contributed by atoms with E-state index >= 15 is 0 Å². The fraction of sp³-hybridized carbons (Fsp3) is 0.422. The Morgan fingerprint density at radius 1 is 0.727 bits per heavy atom. The number of esters is 1. The quantitative estimate of drug-likeness (QED) is 0.0540. The van der Waals surface area contributed by atoms with Crippen molar-refractivity contribution in [2.24, 2.45) is 0 Å². The zero-order valence-corrected chi connectivity index (χ0v) is 35.4. The van der Waals surface area contributed by atoms with Gasteiger partial charge in [0, 0.05) is 22.8 Å². The predicted octanol–water partition coefficient (Wildman–Crippen LogP) is 9.79. The Labute approximate surface area is 326 Å². The molecule has 0 saturated heterocycles. The molecule has 298 valence electrons. The van der Waals surface area contributed by atoms with Crippen molar-refractivity contribution in [3.8, 4) is 23.0 Å². The summed E-state index contributed by atoms with van der Waals surface area (Å²) in [6.07, 6.45) is 5.14. The third kappa shape index (κ3) is 9.02. The molecule has 1 atom stereocenters. The number of aldehydes is 1. The molecule has 0 aliphatic heterocycles. The Balaban J connectivity index is 0.000000355. The van der Waals surface area contributed by atoms with Crippen molar-refractivity contribution in [1.29, 1.82) is 0 Å². The van der Waals surface area contributed by atoms with E-state index in [2.05, 4.69) is 18.7 Å². The second kappa shape index (κ2) is 18.9. The van der Waals surface area contributed by atoms with Gasteiger partial charge in [-0.2, -0.15) is 0 Å². The van der Waals surface area contributed by atoms with Crippen molar-refractivity contribution < 1.29 is 48.6 Å². The molecule has 0 amide bonds. The van der Waals surface area contributed by atoms with Crippen LogP contribution in [0.4, 0.5) is 0 Å². The van der Waals surface area contributed by atoms with Gasteiger partial charge in [0.25, 0.3) is 0 Å². The molecule has 0 radical (unpaired) electrons. The fourth-order valence-electron chi connectivity index (χ4n) is 6.82. The van der Waals surface area contributed by atoms with E-state index in [0.717, 1.165) is 33.4 Å². The van der Waals surface area contributed by atoms with Crippen molar-refractivity contribution in [3.63, 3.8) is 0 Å². The molecule has 1 aliphatic carbocycles. The van der Waals surface area contributed by atoms with E-state index in [1.54, 1.807) is 41.5 Å². The third-order valence-corrected chi connectivity index (χ3v) is 10.3. The topological polar surface area (TPSA) is 146 Å². The summed E-state index contributed by atoms with van der Waals surface area (Å²) in [5, 5.41) is 19.7. The number of hydrogen-bond donors (Lipinski definition) is 2. The molecule has 4 rings (SSSR count). The molecule has 55 heavy (non-hydrogen) atoms. The van der Waals surface area contributed by atoms with Crippen LogP contribution in [0.15, 0.2) is 29.6 Å². The zero-order valence-electron chi connectivity index (χ0n) is 35.4. The Kier molecular flexibility index (Phi) is 15.8. The van der Waals surface area contributed by atoms with Gasteiger partial charge in [-0.3, -0.25) is 14.4 Å². The lowest BCUT2D eigenvalue weighted by Crippen LogP contribution is -2.44. The van der Waals surface area contributed by atoms with Crippen molar-refractivity contribution >= 4 is 23.8 Å². The number of allylic oxidation sites excluding steroid dienone is 2. The van der Waals surface area contributed by atoms with Crippen LogP contribution in [0.25, 0.3) is 0 Å². The third-order valence-electron chi connectivity index (χ3n) is 10.3. The highest BCUT2D eigenvalue weighted by atomic mass is 17.1. The molecule has 3 aromatic carbocycles. The first-order chi connectivity index (χ1) is 25.7. The normalized spacial score (nSPS) is 14.7. The van der Waals surface area contributed by atoms with E-state index in [1.807, 2.05) is 47.6 Å². The second-order valence-electron chi connectivity index (χ2n) is 14.1. The number of ether oxygens (including phenoxy) is 3. The van der Waals surface area contributed by atoms with Crippen LogP contribution in [-0.2, 0) is 20.7 Å². The molecule has 0 saturated carbocycles. The van der Waals surface area contributed by atoms with Crippen LogP contribution >= 0.6 is 0 Å². The highest BCUT2D eigenvalue weighted by Gasteiger charge is 2.44. The molecule has 10 heteroatoms. The molecular weight excluding hydrogens is 700 g/mol. The van der Waals surface area contributed by atoms with Crippen LogP contribution in [0.3, 0.4) is 0 Å². The van der Waals surface area contributed by atoms with Gasteiger partial charge in [0.15, 0.2) is 29.4 Å². The summed E-state index contributed by atoms with van der Waals surface area (Å²) in [7, 11) is 1.40. The molecule has 0 spiro atoms.